The van der Waals surface area contributed by atoms with E-state index >= 15 is 0 Å². The molecule has 0 bridgehead atoms. The van der Waals surface area contributed by atoms with Crippen LogP contribution in [0.1, 0.15) is 20.8 Å². The number of carbonyl (C=O) groups is 2. The van der Waals surface area contributed by atoms with E-state index in [4.69, 9.17) is 4.74 Å². The SMILES string of the molecule is Cc1cc(C(=O)OCCc2cccs2)ccc1N1CCNC1=O. The van der Waals surface area contributed by atoms with Gasteiger partial charge in [-0.3, -0.25) is 4.90 Å². The standard InChI is InChI=1S/C17H18N2O3S/c1-12-11-13(4-5-15(12)19-8-7-18-17(19)21)16(20)22-9-6-14-3-2-10-23-14/h2-5,10-11H,6-9H2,1H3,(H,18,21). The maximum atomic E-state index is 12.1. The molecule has 0 radical (unpaired) electrons. The molecule has 0 saturated carbocycles. The Hall–Kier alpha value is -2.34. The van der Waals surface area contributed by atoms with E-state index in [0.29, 0.717) is 25.3 Å². The molecular formula is C17H18N2O3S. The van der Waals surface area contributed by atoms with Crippen LogP contribution in [0.2, 0.25) is 0 Å². The molecule has 120 valence electrons. The average molecular weight is 330 g/mol. The molecule has 1 aliphatic heterocycles. The smallest absolute Gasteiger partial charge is 0.338 e. The number of rotatable bonds is 5. The minimum Gasteiger partial charge on any atom is -0.462 e. The highest BCUT2D eigenvalue weighted by atomic mass is 32.1. The molecular weight excluding hydrogens is 312 g/mol. The third-order valence-electron chi connectivity index (χ3n) is 3.74. The van der Waals surface area contributed by atoms with Gasteiger partial charge in [0.25, 0.3) is 0 Å². The highest BCUT2D eigenvalue weighted by Gasteiger charge is 2.23. The van der Waals surface area contributed by atoms with Crippen LogP contribution in [0.4, 0.5) is 10.5 Å². The Labute approximate surface area is 138 Å². The van der Waals surface area contributed by atoms with Crippen LogP contribution in [0, 0.1) is 6.92 Å². The van der Waals surface area contributed by atoms with Gasteiger partial charge in [-0.2, -0.15) is 0 Å². The number of hydrogen-bond acceptors (Lipinski definition) is 4. The Morgan fingerprint density at radius 3 is 2.91 bits per heavy atom. The summed E-state index contributed by atoms with van der Waals surface area (Å²) in [4.78, 5) is 26.7. The van der Waals surface area contributed by atoms with Gasteiger partial charge in [0, 0.05) is 30.1 Å². The van der Waals surface area contributed by atoms with Crippen LogP contribution < -0.4 is 10.2 Å². The first-order chi connectivity index (χ1) is 11.1. The van der Waals surface area contributed by atoms with Crippen molar-refractivity contribution in [3.05, 3.63) is 51.7 Å². The number of nitrogens with one attached hydrogen (secondary N) is 1. The molecule has 0 spiro atoms. The normalized spacial score (nSPS) is 14.0. The fourth-order valence-corrected chi connectivity index (χ4v) is 3.26. The van der Waals surface area contributed by atoms with Crippen LogP contribution in [0.25, 0.3) is 0 Å². The zero-order chi connectivity index (χ0) is 16.2. The van der Waals surface area contributed by atoms with Gasteiger partial charge in [-0.15, -0.1) is 11.3 Å². The molecule has 1 N–H and O–H groups in total. The maximum Gasteiger partial charge on any atom is 0.338 e. The lowest BCUT2D eigenvalue weighted by Crippen LogP contribution is -2.28. The van der Waals surface area contributed by atoms with Gasteiger partial charge in [-0.05, 0) is 42.1 Å². The Bertz CT molecular complexity index is 713. The minimum atomic E-state index is -0.331. The van der Waals surface area contributed by atoms with Crippen LogP contribution in [0.3, 0.4) is 0 Å². The Morgan fingerprint density at radius 1 is 1.39 bits per heavy atom. The molecule has 0 atom stereocenters. The number of benzene rings is 1. The number of anilines is 1. The van der Waals surface area contributed by atoms with Crippen molar-refractivity contribution in [3.8, 4) is 0 Å². The highest BCUT2D eigenvalue weighted by Crippen LogP contribution is 2.23. The Morgan fingerprint density at radius 2 is 2.26 bits per heavy atom. The molecule has 2 heterocycles. The van der Waals surface area contributed by atoms with E-state index in [2.05, 4.69) is 5.32 Å². The van der Waals surface area contributed by atoms with Crippen molar-refractivity contribution < 1.29 is 14.3 Å². The van der Waals surface area contributed by atoms with Crippen LogP contribution >= 0.6 is 11.3 Å². The lowest BCUT2D eigenvalue weighted by atomic mass is 10.1. The second-order valence-electron chi connectivity index (χ2n) is 5.35. The molecule has 23 heavy (non-hydrogen) atoms. The first-order valence-electron chi connectivity index (χ1n) is 7.50. The summed E-state index contributed by atoms with van der Waals surface area (Å²) in [5.74, 6) is -0.331. The van der Waals surface area contributed by atoms with Gasteiger partial charge in [0.05, 0.1) is 12.2 Å². The summed E-state index contributed by atoms with van der Waals surface area (Å²) in [6, 6.07) is 9.20. The molecule has 6 heteroatoms. The molecule has 0 unspecified atom stereocenters. The summed E-state index contributed by atoms with van der Waals surface area (Å²) in [5, 5.41) is 4.78. The topological polar surface area (TPSA) is 58.6 Å². The van der Waals surface area contributed by atoms with Crippen molar-refractivity contribution in [3.63, 3.8) is 0 Å². The van der Waals surface area contributed by atoms with Crippen LogP contribution in [0.5, 0.6) is 0 Å². The molecule has 0 aliphatic carbocycles. The van der Waals surface area contributed by atoms with Crippen LogP contribution in [-0.4, -0.2) is 31.7 Å². The summed E-state index contributed by atoms with van der Waals surface area (Å²) in [5.41, 5.74) is 2.22. The number of urea groups is 1. The summed E-state index contributed by atoms with van der Waals surface area (Å²) >= 11 is 1.65. The summed E-state index contributed by atoms with van der Waals surface area (Å²) < 4.78 is 5.32. The first kappa shape index (κ1) is 15.6. The fraction of sp³-hybridized carbons (Fsp3) is 0.294. The molecule has 2 amide bonds. The van der Waals surface area contributed by atoms with Gasteiger partial charge in [-0.25, -0.2) is 9.59 Å². The molecule has 2 aromatic rings. The number of thiophene rings is 1. The predicted octanol–water partition coefficient (Wildman–Crippen LogP) is 2.99. The lowest BCUT2D eigenvalue weighted by molar-refractivity contribution is 0.0510. The number of nitrogens with zero attached hydrogens (tertiary/aromatic N) is 1. The summed E-state index contributed by atoms with van der Waals surface area (Å²) in [6.07, 6.45) is 0.731. The van der Waals surface area contributed by atoms with Gasteiger partial charge in [0.15, 0.2) is 0 Å². The monoisotopic (exact) mass is 330 g/mol. The number of ether oxygens (including phenoxy) is 1. The zero-order valence-corrected chi connectivity index (χ0v) is 13.7. The van der Waals surface area contributed by atoms with Crippen molar-refractivity contribution in [2.45, 2.75) is 13.3 Å². The van der Waals surface area contributed by atoms with Crippen LogP contribution in [0.15, 0.2) is 35.7 Å². The van der Waals surface area contributed by atoms with Gasteiger partial charge in [0.2, 0.25) is 0 Å². The largest absolute Gasteiger partial charge is 0.462 e. The van der Waals surface area contributed by atoms with Gasteiger partial charge >= 0.3 is 12.0 Å². The van der Waals surface area contributed by atoms with E-state index in [1.165, 1.54) is 4.88 Å². The summed E-state index contributed by atoms with van der Waals surface area (Å²) in [7, 11) is 0. The van der Waals surface area contributed by atoms with Gasteiger partial charge in [-0.1, -0.05) is 6.07 Å². The number of esters is 1. The molecule has 5 nitrogen and oxygen atoms in total. The Balaban J connectivity index is 1.62. The summed E-state index contributed by atoms with van der Waals surface area (Å²) in [6.45, 7) is 3.55. The highest BCUT2D eigenvalue weighted by molar-refractivity contribution is 7.09. The number of aryl methyl sites for hydroxylation is 1. The second-order valence-corrected chi connectivity index (χ2v) is 6.38. The van der Waals surface area contributed by atoms with Crippen molar-refractivity contribution in [2.24, 2.45) is 0 Å². The molecule has 1 aliphatic rings. The molecule has 1 aromatic heterocycles. The van der Waals surface area contributed by atoms with E-state index in [-0.39, 0.29) is 12.0 Å². The molecule has 1 fully saturated rings. The van der Waals surface area contributed by atoms with Crippen molar-refractivity contribution in [2.75, 3.05) is 24.6 Å². The van der Waals surface area contributed by atoms with Crippen molar-refractivity contribution in [1.82, 2.24) is 5.32 Å². The third-order valence-corrected chi connectivity index (χ3v) is 4.68. The number of carbonyl (C=O) groups excluding carboxylic acids is 2. The van der Waals surface area contributed by atoms with E-state index < -0.39 is 0 Å². The zero-order valence-electron chi connectivity index (χ0n) is 12.9. The molecule has 1 aromatic carbocycles. The number of hydrogen-bond donors (Lipinski definition) is 1. The molecule has 3 rings (SSSR count). The average Bonchev–Trinajstić information content (AvgIpc) is 3.19. The van der Waals surface area contributed by atoms with Gasteiger partial charge in [0.1, 0.15) is 0 Å². The number of amides is 2. The van der Waals surface area contributed by atoms with E-state index in [0.717, 1.165) is 17.7 Å². The lowest BCUT2D eigenvalue weighted by Gasteiger charge is -2.17. The second kappa shape index (κ2) is 6.83. The fourth-order valence-electron chi connectivity index (χ4n) is 2.57. The first-order valence-corrected chi connectivity index (χ1v) is 8.38. The van der Waals surface area contributed by atoms with E-state index in [1.54, 1.807) is 34.4 Å². The third kappa shape index (κ3) is 3.53. The quantitative estimate of drug-likeness (QED) is 0.858. The van der Waals surface area contributed by atoms with Crippen LogP contribution in [-0.2, 0) is 11.2 Å². The van der Waals surface area contributed by atoms with Gasteiger partial charge < -0.3 is 10.1 Å². The Kier molecular flexibility index (Phi) is 4.62. The maximum absolute atomic E-state index is 12.1. The van der Waals surface area contributed by atoms with Crippen molar-refractivity contribution in [1.29, 1.82) is 0 Å². The van der Waals surface area contributed by atoms with E-state index in [1.807, 2.05) is 24.4 Å². The minimum absolute atomic E-state index is 0.0978. The van der Waals surface area contributed by atoms with Crippen molar-refractivity contribution >= 4 is 29.0 Å². The predicted molar refractivity (Wildman–Crippen MR) is 90.2 cm³/mol. The molecule has 1 saturated heterocycles. The van der Waals surface area contributed by atoms with E-state index in [9.17, 15) is 9.59 Å².